The largest absolute Gasteiger partial charge is 0.492 e. The van der Waals surface area contributed by atoms with Crippen LogP contribution in [0.1, 0.15) is 39.4 Å². The number of hydrogen-bond donors (Lipinski definition) is 1. The average molecular weight is 625 g/mol. The lowest BCUT2D eigenvalue weighted by molar-refractivity contribution is 0.1000. The molecule has 0 saturated heterocycles. The summed E-state index contributed by atoms with van der Waals surface area (Å²) in [5.41, 5.74) is 9.60. The van der Waals surface area contributed by atoms with E-state index in [2.05, 4.69) is 112 Å². The molecular weight excluding hydrogens is 595 g/mol. The maximum atomic E-state index is 11.4. The standard InChI is InChI=1S/C31H30ClIN2O2/c32-29-20-26(31(34)36)14-17-30(29)37-19-7-18-35(21-23-12-15-27(33)16-13-23)22-28(24-8-3-1-4-9-24)25-10-5-2-6-11-25/h1-6,8-17,20,28H,7,18-19,21-22H2,(H2,34,36). The van der Waals surface area contributed by atoms with Gasteiger partial charge in [0.15, 0.2) is 0 Å². The molecule has 0 heterocycles. The predicted molar refractivity (Wildman–Crippen MR) is 159 cm³/mol. The SMILES string of the molecule is NC(=O)c1ccc(OCCCN(Cc2ccc(I)cc2)CC(c2ccccc2)c2ccccc2)c(Cl)c1. The van der Waals surface area contributed by atoms with Gasteiger partial charge in [-0.2, -0.15) is 0 Å². The van der Waals surface area contributed by atoms with Gasteiger partial charge in [-0.3, -0.25) is 9.69 Å². The van der Waals surface area contributed by atoms with Crippen LogP contribution in [0.3, 0.4) is 0 Å². The van der Waals surface area contributed by atoms with Crippen LogP contribution in [0.4, 0.5) is 0 Å². The van der Waals surface area contributed by atoms with Crippen molar-refractivity contribution in [3.63, 3.8) is 0 Å². The molecule has 4 aromatic rings. The molecule has 0 atom stereocenters. The molecule has 0 fully saturated rings. The molecule has 0 aliphatic carbocycles. The molecule has 0 unspecified atom stereocenters. The van der Waals surface area contributed by atoms with Crippen LogP contribution in [0, 0.1) is 3.57 Å². The Kier molecular flexibility index (Phi) is 9.99. The average Bonchev–Trinajstić information content (AvgIpc) is 2.92. The maximum absolute atomic E-state index is 11.4. The van der Waals surface area contributed by atoms with Gasteiger partial charge in [-0.15, -0.1) is 0 Å². The Hall–Kier alpha value is -2.87. The van der Waals surface area contributed by atoms with E-state index in [9.17, 15) is 4.79 Å². The molecule has 0 bridgehead atoms. The number of primary amides is 1. The number of ether oxygens (including phenoxy) is 1. The van der Waals surface area contributed by atoms with Crippen molar-refractivity contribution in [1.29, 1.82) is 0 Å². The van der Waals surface area contributed by atoms with E-state index in [0.29, 0.717) is 22.9 Å². The topological polar surface area (TPSA) is 55.6 Å². The quantitative estimate of drug-likeness (QED) is 0.135. The second-order valence-electron chi connectivity index (χ2n) is 8.95. The summed E-state index contributed by atoms with van der Waals surface area (Å²) in [5, 5.41) is 0.389. The van der Waals surface area contributed by atoms with Crippen LogP contribution in [0.5, 0.6) is 5.75 Å². The van der Waals surface area contributed by atoms with Gasteiger partial charge in [0.05, 0.1) is 11.6 Å². The monoisotopic (exact) mass is 624 g/mol. The van der Waals surface area contributed by atoms with Crippen molar-refractivity contribution in [2.45, 2.75) is 18.9 Å². The van der Waals surface area contributed by atoms with Crippen molar-refractivity contribution in [2.75, 3.05) is 19.7 Å². The maximum Gasteiger partial charge on any atom is 0.248 e. The number of amides is 1. The first-order valence-corrected chi connectivity index (χ1v) is 13.7. The predicted octanol–water partition coefficient (Wildman–Crippen LogP) is 7.15. The number of carbonyl (C=O) groups is 1. The summed E-state index contributed by atoms with van der Waals surface area (Å²) >= 11 is 8.64. The normalized spacial score (nSPS) is 11.1. The highest BCUT2D eigenvalue weighted by Crippen LogP contribution is 2.28. The van der Waals surface area contributed by atoms with Crippen molar-refractivity contribution < 1.29 is 9.53 Å². The minimum absolute atomic E-state index is 0.253. The molecule has 0 spiro atoms. The summed E-state index contributed by atoms with van der Waals surface area (Å²) in [6, 6.07) is 35.0. The third kappa shape index (κ3) is 8.06. The zero-order chi connectivity index (χ0) is 26.0. The summed E-state index contributed by atoms with van der Waals surface area (Å²) < 4.78 is 7.18. The highest BCUT2D eigenvalue weighted by molar-refractivity contribution is 14.1. The van der Waals surface area contributed by atoms with Gasteiger partial charge >= 0.3 is 0 Å². The van der Waals surface area contributed by atoms with Crippen molar-refractivity contribution >= 4 is 40.1 Å². The van der Waals surface area contributed by atoms with Crippen LogP contribution in [-0.2, 0) is 6.54 Å². The van der Waals surface area contributed by atoms with Gasteiger partial charge in [-0.1, -0.05) is 84.4 Å². The number of carbonyl (C=O) groups excluding carboxylic acids is 1. The summed E-state index contributed by atoms with van der Waals surface area (Å²) in [6.07, 6.45) is 0.828. The molecule has 1 amide bonds. The zero-order valence-corrected chi connectivity index (χ0v) is 23.4. The first-order valence-electron chi connectivity index (χ1n) is 12.3. The Morgan fingerprint density at radius 1 is 0.892 bits per heavy atom. The lowest BCUT2D eigenvalue weighted by Gasteiger charge is -2.28. The minimum atomic E-state index is -0.508. The Morgan fingerprint density at radius 3 is 2.08 bits per heavy atom. The van der Waals surface area contributed by atoms with Crippen LogP contribution < -0.4 is 10.5 Å². The fraction of sp³-hybridized carbons (Fsp3) is 0.194. The third-order valence-electron chi connectivity index (χ3n) is 6.26. The minimum Gasteiger partial charge on any atom is -0.492 e. The molecule has 0 aliphatic heterocycles. The summed E-state index contributed by atoms with van der Waals surface area (Å²) in [5.74, 6) is 0.302. The van der Waals surface area contributed by atoms with Gasteiger partial charge in [0.25, 0.3) is 0 Å². The van der Waals surface area contributed by atoms with E-state index in [1.54, 1.807) is 18.2 Å². The van der Waals surface area contributed by atoms with Gasteiger partial charge in [-0.05, 0) is 76.0 Å². The van der Waals surface area contributed by atoms with Gasteiger partial charge in [0.1, 0.15) is 5.75 Å². The smallest absolute Gasteiger partial charge is 0.248 e. The Labute approximate surface area is 237 Å². The fourth-order valence-corrected chi connectivity index (χ4v) is 4.95. The molecule has 4 nitrogen and oxygen atoms in total. The van der Waals surface area contributed by atoms with Crippen molar-refractivity contribution in [2.24, 2.45) is 5.73 Å². The Balaban J connectivity index is 1.47. The lowest BCUT2D eigenvalue weighted by atomic mass is 9.90. The van der Waals surface area contributed by atoms with E-state index in [-0.39, 0.29) is 5.92 Å². The number of nitrogens with two attached hydrogens (primary N) is 1. The van der Waals surface area contributed by atoms with Crippen molar-refractivity contribution in [3.05, 3.63) is 134 Å². The van der Waals surface area contributed by atoms with Gasteiger partial charge in [0.2, 0.25) is 5.91 Å². The van der Waals surface area contributed by atoms with Crippen LogP contribution in [0.25, 0.3) is 0 Å². The van der Waals surface area contributed by atoms with E-state index in [0.717, 1.165) is 26.1 Å². The summed E-state index contributed by atoms with van der Waals surface area (Å²) in [7, 11) is 0. The fourth-order valence-electron chi connectivity index (χ4n) is 4.36. The molecule has 190 valence electrons. The van der Waals surface area contributed by atoms with E-state index in [1.807, 2.05) is 0 Å². The lowest BCUT2D eigenvalue weighted by Crippen LogP contribution is -2.30. The van der Waals surface area contributed by atoms with E-state index in [1.165, 1.54) is 20.3 Å². The second-order valence-corrected chi connectivity index (χ2v) is 10.6. The molecule has 4 aromatic carbocycles. The highest BCUT2D eigenvalue weighted by atomic mass is 127. The Bertz CT molecular complexity index is 1240. The molecule has 0 saturated carbocycles. The molecule has 0 aromatic heterocycles. The summed E-state index contributed by atoms with van der Waals surface area (Å²) in [4.78, 5) is 13.9. The summed E-state index contributed by atoms with van der Waals surface area (Å²) in [6.45, 7) is 3.11. The first-order chi connectivity index (χ1) is 18.0. The highest BCUT2D eigenvalue weighted by Gasteiger charge is 2.19. The van der Waals surface area contributed by atoms with E-state index < -0.39 is 5.91 Å². The van der Waals surface area contributed by atoms with Crippen LogP contribution in [-0.4, -0.2) is 30.5 Å². The van der Waals surface area contributed by atoms with E-state index in [4.69, 9.17) is 22.1 Å². The number of benzene rings is 4. The molecule has 6 heteroatoms. The van der Waals surface area contributed by atoms with Crippen molar-refractivity contribution in [3.8, 4) is 5.75 Å². The molecule has 4 rings (SSSR count). The second kappa shape index (κ2) is 13.6. The number of nitrogens with zero attached hydrogens (tertiary/aromatic N) is 1. The third-order valence-corrected chi connectivity index (χ3v) is 7.27. The molecule has 0 aliphatic rings. The zero-order valence-electron chi connectivity index (χ0n) is 20.5. The Morgan fingerprint density at radius 2 is 1.51 bits per heavy atom. The van der Waals surface area contributed by atoms with Crippen molar-refractivity contribution in [1.82, 2.24) is 4.90 Å². The van der Waals surface area contributed by atoms with Gasteiger partial charge in [0, 0.05) is 34.7 Å². The number of halogens is 2. The number of hydrogen-bond acceptors (Lipinski definition) is 3. The molecule has 2 N–H and O–H groups in total. The molecular formula is C31H30ClIN2O2. The molecule has 0 radical (unpaired) electrons. The molecule has 37 heavy (non-hydrogen) atoms. The number of rotatable bonds is 12. The van der Waals surface area contributed by atoms with Crippen LogP contribution in [0.15, 0.2) is 103 Å². The van der Waals surface area contributed by atoms with E-state index >= 15 is 0 Å². The first kappa shape index (κ1) is 27.2. The van der Waals surface area contributed by atoms with Crippen LogP contribution in [0.2, 0.25) is 5.02 Å². The van der Waals surface area contributed by atoms with Crippen LogP contribution >= 0.6 is 34.2 Å². The van der Waals surface area contributed by atoms with Gasteiger partial charge in [-0.25, -0.2) is 0 Å². The van der Waals surface area contributed by atoms with Gasteiger partial charge < -0.3 is 10.5 Å².